The molecule has 1 heterocycles. The molecule has 84 valence electrons. The average molecular weight is 209 g/mol. The third kappa shape index (κ3) is 2.73. The van der Waals surface area contributed by atoms with Crippen molar-refractivity contribution in [3.05, 3.63) is 23.8 Å². The van der Waals surface area contributed by atoms with Crippen molar-refractivity contribution < 1.29 is 5.11 Å². The van der Waals surface area contributed by atoms with Gasteiger partial charge >= 0.3 is 0 Å². The molecule has 0 radical (unpaired) electrons. The second kappa shape index (κ2) is 4.68. The van der Waals surface area contributed by atoms with Crippen LogP contribution in [0.5, 0.6) is 0 Å². The summed E-state index contributed by atoms with van der Waals surface area (Å²) in [6, 6.07) is 0.281. The van der Waals surface area contributed by atoms with Crippen LogP contribution in [0.4, 0.5) is 0 Å². The lowest BCUT2D eigenvalue weighted by Gasteiger charge is -2.31. The molecule has 0 aliphatic carbocycles. The highest BCUT2D eigenvalue weighted by Crippen LogP contribution is 2.20. The van der Waals surface area contributed by atoms with Crippen LogP contribution in [0.1, 0.15) is 32.2 Å². The minimum absolute atomic E-state index is 0.00468. The Kier molecular flexibility index (Phi) is 3.77. The molecule has 0 aliphatic rings. The molecule has 0 saturated carbocycles. The van der Waals surface area contributed by atoms with E-state index in [9.17, 15) is 5.11 Å². The van der Waals surface area contributed by atoms with Crippen molar-refractivity contribution in [1.82, 2.24) is 15.3 Å². The number of aliphatic hydroxyl groups excluding tert-OH is 1. The Bertz CT molecular complexity index is 327. The Balaban J connectivity index is 3.05. The van der Waals surface area contributed by atoms with E-state index in [1.165, 1.54) is 0 Å². The Morgan fingerprint density at radius 2 is 2.00 bits per heavy atom. The Hall–Kier alpha value is -1.00. The third-order valence-electron chi connectivity index (χ3n) is 2.33. The van der Waals surface area contributed by atoms with Crippen molar-refractivity contribution in [2.24, 2.45) is 0 Å². The van der Waals surface area contributed by atoms with E-state index in [0.29, 0.717) is 0 Å². The van der Waals surface area contributed by atoms with Crippen LogP contribution in [0.3, 0.4) is 0 Å². The maximum atomic E-state index is 9.48. The summed E-state index contributed by atoms with van der Waals surface area (Å²) in [5, 5.41) is 12.8. The fourth-order valence-corrected chi connectivity index (χ4v) is 1.78. The molecular formula is C11H19N3O. The number of aromatic nitrogens is 2. The minimum Gasteiger partial charge on any atom is -0.394 e. The number of hydrogen-bond donors (Lipinski definition) is 2. The van der Waals surface area contributed by atoms with E-state index in [1.54, 1.807) is 12.4 Å². The number of nitrogens with zero attached hydrogens (tertiary/aromatic N) is 2. The lowest BCUT2D eigenvalue weighted by molar-refractivity contribution is 0.161. The standard InChI is InChI=1S/C11H19N3O/c1-8(2)14-11(4,7-15)10-9(3)12-5-6-13-10/h5-6,8,14-15H,7H2,1-4H3. The average Bonchev–Trinajstić information content (AvgIpc) is 2.17. The molecule has 0 spiro atoms. The van der Waals surface area contributed by atoms with Crippen LogP contribution in [0.25, 0.3) is 0 Å². The first-order valence-electron chi connectivity index (χ1n) is 5.16. The minimum atomic E-state index is -0.521. The Morgan fingerprint density at radius 3 is 2.47 bits per heavy atom. The molecule has 1 rings (SSSR count). The molecule has 4 nitrogen and oxygen atoms in total. The molecule has 4 heteroatoms. The highest BCUT2D eigenvalue weighted by atomic mass is 16.3. The van der Waals surface area contributed by atoms with Crippen molar-refractivity contribution in [2.45, 2.75) is 39.3 Å². The summed E-state index contributed by atoms with van der Waals surface area (Å²) in [4.78, 5) is 8.48. The van der Waals surface area contributed by atoms with Gasteiger partial charge in [-0.1, -0.05) is 0 Å². The number of aliphatic hydroxyl groups is 1. The maximum Gasteiger partial charge on any atom is 0.0837 e. The van der Waals surface area contributed by atoms with E-state index in [1.807, 2.05) is 27.7 Å². The molecule has 2 N–H and O–H groups in total. The van der Waals surface area contributed by atoms with Crippen LogP contribution in [0.15, 0.2) is 12.4 Å². The predicted octanol–water partition coefficient (Wildman–Crippen LogP) is 0.991. The number of rotatable bonds is 4. The largest absolute Gasteiger partial charge is 0.394 e. The van der Waals surface area contributed by atoms with Crippen molar-refractivity contribution in [2.75, 3.05) is 6.61 Å². The van der Waals surface area contributed by atoms with Crippen molar-refractivity contribution in [3.8, 4) is 0 Å². The van der Waals surface area contributed by atoms with Gasteiger partial charge in [-0.25, -0.2) is 0 Å². The van der Waals surface area contributed by atoms with Crippen LogP contribution in [0, 0.1) is 6.92 Å². The summed E-state index contributed by atoms with van der Waals surface area (Å²) < 4.78 is 0. The molecule has 0 bridgehead atoms. The molecule has 0 amide bonds. The second-order valence-corrected chi connectivity index (χ2v) is 4.28. The number of aryl methyl sites for hydroxylation is 1. The summed E-state index contributed by atoms with van der Waals surface area (Å²) in [5.74, 6) is 0. The van der Waals surface area contributed by atoms with E-state index in [-0.39, 0.29) is 12.6 Å². The summed E-state index contributed by atoms with van der Waals surface area (Å²) in [6.07, 6.45) is 3.31. The summed E-state index contributed by atoms with van der Waals surface area (Å²) in [5.41, 5.74) is 1.13. The van der Waals surface area contributed by atoms with Gasteiger partial charge in [-0.2, -0.15) is 0 Å². The maximum absolute atomic E-state index is 9.48. The van der Waals surface area contributed by atoms with Gasteiger partial charge in [-0.15, -0.1) is 0 Å². The first-order chi connectivity index (χ1) is 6.99. The smallest absolute Gasteiger partial charge is 0.0837 e. The molecule has 1 atom stereocenters. The fraction of sp³-hybridized carbons (Fsp3) is 0.636. The summed E-state index contributed by atoms with van der Waals surface area (Å²) >= 11 is 0. The zero-order chi connectivity index (χ0) is 11.5. The molecule has 0 aliphatic heterocycles. The first kappa shape index (κ1) is 12.1. The molecule has 1 unspecified atom stereocenters. The molecule has 0 fully saturated rings. The van der Waals surface area contributed by atoms with E-state index in [4.69, 9.17) is 0 Å². The van der Waals surface area contributed by atoms with Gasteiger partial charge in [0.05, 0.1) is 23.5 Å². The second-order valence-electron chi connectivity index (χ2n) is 4.28. The van der Waals surface area contributed by atoms with E-state index in [0.717, 1.165) is 11.4 Å². The van der Waals surface area contributed by atoms with E-state index >= 15 is 0 Å². The summed E-state index contributed by atoms with van der Waals surface area (Å²) in [6.45, 7) is 7.92. The van der Waals surface area contributed by atoms with Crippen molar-refractivity contribution in [1.29, 1.82) is 0 Å². The normalized spacial score (nSPS) is 15.3. The van der Waals surface area contributed by atoms with Crippen molar-refractivity contribution in [3.63, 3.8) is 0 Å². The Morgan fingerprint density at radius 1 is 1.40 bits per heavy atom. The van der Waals surface area contributed by atoms with Crippen LogP contribution < -0.4 is 5.32 Å². The highest BCUT2D eigenvalue weighted by molar-refractivity contribution is 5.19. The highest BCUT2D eigenvalue weighted by Gasteiger charge is 2.29. The zero-order valence-corrected chi connectivity index (χ0v) is 9.78. The first-order valence-corrected chi connectivity index (χ1v) is 5.16. The van der Waals surface area contributed by atoms with Gasteiger partial charge < -0.3 is 10.4 Å². The van der Waals surface area contributed by atoms with Gasteiger partial charge in [-0.3, -0.25) is 9.97 Å². The number of hydrogen-bond acceptors (Lipinski definition) is 4. The lowest BCUT2D eigenvalue weighted by atomic mass is 9.96. The molecule has 0 aromatic carbocycles. The number of nitrogens with one attached hydrogen (secondary N) is 1. The van der Waals surface area contributed by atoms with Gasteiger partial charge in [0.2, 0.25) is 0 Å². The molecule has 0 saturated heterocycles. The molecule has 1 aromatic heterocycles. The summed E-state index contributed by atoms with van der Waals surface area (Å²) in [7, 11) is 0. The predicted molar refractivity (Wildman–Crippen MR) is 59.5 cm³/mol. The zero-order valence-electron chi connectivity index (χ0n) is 9.78. The van der Waals surface area contributed by atoms with E-state index in [2.05, 4.69) is 15.3 Å². The SMILES string of the molecule is Cc1nccnc1C(C)(CO)NC(C)C. The quantitative estimate of drug-likeness (QED) is 0.776. The third-order valence-corrected chi connectivity index (χ3v) is 2.33. The molecule has 15 heavy (non-hydrogen) atoms. The van der Waals surface area contributed by atoms with Crippen LogP contribution >= 0.6 is 0 Å². The van der Waals surface area contributed by atoms with E-state index < -0.39 is 5.54 Å². The van der Waals surface area contributed by atoms with Gasteiger partial charge in [0.15, 0.2) is 0 Å². The van der Waals surface area contributed by atoms with Crippen LogP contribution in [-0.4, -0.2) is 27.7 Å². The van der Waals surface area contributed by atoms with Crippen LogP contribution in [-0.2, 0) is 5.54 Å². The van der Waals surface area contributed by atoms with Gasteiger partial charge in [0.25, 0.3) is 0 Å². The fourth-order valence-electron chi connectivity index (χ4n) is 1.78. The monoisotopic (exact) mass is 209 g/mol. The van der Waals surface area contributed by atoms with Crippen LogP contribution in [0.2, 0.25) is 0 Å². The molecule has 1 aromatic rings. The molecular weight excluding hydrogens is 190 g/mol. The van der Waals surface area contributed by atoms with Gasteiger partial charge in [0.1, 0.15) is 0 Å². The Labute approximate surface area is 90.8 Å². The topological polar surface area (TPSA) is 58.0 Å². The van der Waals surface area contributed by atoms with Crippen molar-refractivity contribution >= 4 is 0 Å². The van der Waals surface area contributed by atoms with Gasteiger partial charge in [0, 0.05) is 18.4 Å². The van der Waals surface area contributed by atoms with Gasteiger partial charge in [-0.05, 0) is 27.7 Å². The lowest BCUT2D eigenvalue weighted by Crippen LogP contribution is -2.47.